The van der Waals surface area contributed by atoms with Gasteiger partial charge in [-0.3, -0.25) is 9.48 Å². The molecule has 0 saturated carbocycles. The molecule has 0 bridgehead atoms. The second-order valence-electron chi connectivity index (χ2n) is 9.46. The summed E-state index contributed by atoms with van der Waals surface area (Å²) in [7, 11) is 1.82. The summed E-state index contributed by atoms with van der Waals surface area (Å²) in [5, 5.41) is 20.0. The van der Waals surface area contributed by atoms with E-state index in [0.29, 0.717) is 28.7 Å². The lowest BCUT2D eigenvalue weighted by atomic mass is 10.0. The molecule has 0 aliphatic carbocycles. The number of rotatable bonds is 5. The number of fused-ring (bicyclic) bond motifs is 2. The van der Waals surface area contributed by atoms with E-state index >= 15 is 4.39 Å². The molecule has 8 nitrogen and oxygen atoms in total. The normalized spacial score (nSPS) is 15.9. The van der Waals surface area contributed by atoms with Crippen LogP contribution in [0.15, 0.2) is 54.9 Å². The van der Waals surface area contributed by atoms with Crippen LogP contribution in [-0.2, 0) is 11.8 Å². The van der Waals surface area contributed by atoms with Crippen LogP contribution in [0.5, 0.6) is 0 Å². The highest BCUT2D eigenvalue weighted by molar-refractivity contribution is 6.03. The Morgan fingerprint density at radius 3 is 2.78 bits per heavy atom. The van der Waals surface area contributed by atoms with Gasteiger partial charge in [-0.1, -0.05) is 18.2 Å². The number of para-hydroxylation sites is 1. The predicted molar refractivity (Wildman–Crippen MR) is 136 cm³/mol. The van der Waals surface area contributed by atoms with E-state index in [1.165, 1.54) is 6.07 Å². The molecular weight excluding hydrogens is 459 g/mol. The highest BCUT2D eigenvalue weighted by Crippen LogP contribution is 2.37. The van der Waals surface area contributed by atoms with Crippen molar-refractivity contribution in [3.63, 3.8) is 0 Å². The van der Waals surface area contributed by atoms with Gasteiger partial charge in [0.25, 0.3) is 0 Å². The fourth-order valence-corrected chi connectivity index (χ4v) is 5.28. The summed E-state index contributed by atoms with van der Waals surface area (Å²) in [5.74, 6) is -0.164. The van der Waals surface area contributed by atoms with Crippen LogP contribution in [0.3, 0.4) is 0 Å². The number of benzene rings is 2. The maximum absolute atomic E-state index is 15.3. The van der Waals surface area contributed by atoms with E-state index < -0.39 is 5.97 Å². The second-order valence-corrected chi connectivity index (χ2v) is 9.46. The van der Waals surface area contributed by atoms with Crippen molar-refractivity contribution in [2.24, 2.45) is 13.0 Å². The minimum absolute atomic E-state index is 0.134. The maximum atomic E-state index is 15.3. The minimum Gasteiger partial charge on any atom is -0.481 e. The third-order valence-electron chi connectivity index (χ3n) is 6.94. The first-order chi connectivity index (χ1) is 17.4. The van der Waals surface area contributed by atoms with Crippen LogP contribution in [0.1, 0.15) is 18.4 Å². The fraction of sp³-hybridized carbons (Fsp3) is 0.259. The van der Waals surface area contributed by atoms with Crippen molar-refractivity contribution in [1.82, 2.24) is 24.5 Å². The van der Waals surface area contributed by atoms with Gasteiger partial charge in [-0.2, -0.15) is 10.2 Å². The van der Waals surface area contributed by atoms with Gasteiger partial charge in [0.1, 0.15) is 17.3 Å². The number of carboxylic acids is 1. The molecule has 0 unspecified atom stereocenters. The Balaban J connectivity index is 1.43. The minimum atomic E-state index is -0.764. The first-order valence-corrected chi connectivity index (χ1v) is 11.9. The largest absolute Gasteiger partial charge is 0.481 e. The molecule has 1 atom stereocenters. The molecule has 2 aromatic carbocycles. The number of pyridine rings is 1. The highest BCUT2D eigenvalue weighted by atomic mass is 19.1. The van der Waals surface area contributed by atoms with Gasteiger partial charge >= 0.3 is 5.97 Å². The smallest absolute Gasteiger partial charge is 0.303 e. The van der Waals surface area contributed by atoms with Gasteiger partial charge in [-0.05, 0) is 49.1 Å². The Hall–Kier alpha value is -4.27. The molecule has 1 aliphatic heterocycles. The molecule has 1 aliphatic rings. The summed E-state index contributed by atoms with van der Waals surface area (Å²) in [4.78, 5) is 17.9. The molecule has 6 rings (SSSR count). The van der Waals surface area contributed by atoms with Crippen molar-refractivity contribution in [2.45, 2.75) is 19.8 Å². The van der Waals surface area contributed by atoms with E-state index in [0.717, 1.165) is 40.9 Å². The maximum Gasteiger partial charge on any atom is 0.303 e. The van der Waals surface area contributed by atoms with Gasteiger partial charge in [-0.15, -0.1) is 0 Å². The molecule has 4 heterocycles. The van der Waals surface area contributed by atoms with Crippen LogP contribution in [0.25, 0.3) is 38.8 Å². The summed E-state index contributed by atoms with van der Waals surface area (Å²) >= 11 is 0. The number of halogens is 1. The SMILES string of the molecule is Cc1cccc2c(-c3c(F)ccc4nn(C)cc34)nn(-c3ccc(N4CC[C@@H](CC(=O)O)C4)nc3)c12. The van der Waals surface area contributed by atoms with E-state index in [2.05, 4.69) is 15.0 Å². The zero-order chi connectivity index (χ0) is 25.0. The third-order valence-corrected chi connectivity index (χ3v) is 6.94. The second kappa shape index (κ2) is 8.44. The summed E-state index contributed by atoms with van der Waals surface area (Å²) in [6.45, 7) is 3.48. The summed E-state index contributed by atoms with van der Waals surface area (Å²) in [5.41, 5.74) is 4.38. The van der Waals surface area contributed by atoms with Crippen molar-refractivity contribution in [3.8, 4) is 16.9 Å². The summed E-state index contributed by atoms with van der Waals surface area (Å²) in [6.07, 6.45) is 4.60. The van der Waals surface area contributed by atoms with Crippen molar-refractivity contribution < 1.29 is 14.3 Å². The van der Waals surface area contributed by atoms with Crippen LogP contribution in [0.4, 0.5) is 10.2 Å². The Labute approximate surface area is 206 Å². The van der Waals surface area contributed by atoms with Crippen molar-refractivity contribution in [3.05, 3.63) is 66.2 Å². The van der Waals surface area contributed by atoms with Gasteiger partial charge in [0, 0.05) is 49.1 Å². The Kier molecular flexibility index (Phi) is 5.21. The average molecular weight is 485 g/mol. The number of aliphatic carboxylic acids is 1. The molecule has 0 spiro atoms. The zero-order valence-corrected chi connectivity index (χ0v) is 20.0. The third kappa shape index (κ3) is 3.67. The summed E-state index contributed by atoms with van der Waals surface area (Å²) in [6, 6.07) is 12.9. The lowest BCUT2D eigenvalue weighted by Gasteiger charge is -2.17. The highest BCUT2D eigenvalue weighted by Gasteiger charge is 2.26. The molecule has 36 heavy (non-hydrogen) atoms. The Bertz CT molecular complexity index is 1620. The first kappa shape index (κ1) is 22.2. The van der Waals surface area contributed by atoms with Gasteiger partial charge in [0.15, 0.2) is 0 Å². The number of aryl methyl sites for hydroxylation is 2. The Morgan fingerprint density at radius 2 is 2.00 bits per heavy atom. The molecule has 1 saturated heterocycles. The lowest BCUT2D eigenvalue weighted by Crippen LogP contribution is -2.21. The molecular formula is C27H25FN6O2. The van der Waals surface area contributed by atoms with E-state index in [9.17, 15) is 4.79 Å². The molecule has 1 N–H and O–H groups in total. The monoisotopic (exact) mass is 484 g/mol. The number of aromatic nitrogens is 5. The Morgan fingerprint density at radius 1 is 1.14 bits per heavy atom. The molecule has 0 amide bonds. The molecule has 1 fully saturated rings. The van der Waals surface area contributed by atoms with Crippen LogP contribution >= 0.6 is 0 Å². The molecule has 5 aromatic rings. The zero-order valence-electron chi connectivity index (χ0n) is 20.0. The van der Waals surface area contributed by atoms with Gasteiger partial charge in [0.05, 0.1) is 22.9 Å². The quantitative estimate of drug-likeness (QED) is 0.388. The number of carboxylic acid groups (broad SMARTS) is 1. The molecule has 9 heteroatoms. The summed E-state index contributed by atoms with van der Waals surface area (Å²) < 4.78 is 18.8. The number of carbonyl (C=O) groups is 1. The number of hydrogen-bond acceptors (Lipinski definition) is 5. The molecule has 0 radical (unpaired) electrons. The topological polar surface area (TPSA) is 89.1 Å². The van der Waals surface area contributed by atoms with E-state index in [1.807, 2.05) is 55.2 Å². The van der Waals surface area contributed by atoms with Crippen LogP contribution in [0.2, 0.25) is 0 Å². The van der Waals surface area contributed by atoms with Crippen LogP contribution in [0, 0.1) is 18.7 Å². The van der Waals surface area contributed by atoms with Crippen molar-refractivity contribution in [1.29, 1.82) is 0 Å². The first-order valence-electron chi connectivity index (χ1n) is 11.9. The van der Waals surface area contributed by atoms with Gasteiger partial charge in [0.2, 0.25) is 0 Å². The molecule has 3 aromatic heterocycles. The standard InChI is InChI=1S/C27H25FN6O2/c1-16-4-3-5-19-26(25-20-15-32(2)30-22(20)8-7-21(25)28)31-34(27(16)19)18-6-9-23(29-13-18)33-11-10-17(14-33)12-24(35)36/h3-9,13,15,17H,10-12,14H2,1-2H3,(H,35,36)/t17-/m0/s1. The van der Waals surface area contributed by atoms with E-state index in [1.54, 1.807) is 16.9 Å². The number of nitrogens with zero attached hydrogens (tertiary/aromatic N) is 6. The van der Waals surface area contributed by atoms with Crippen LogP contribution < -0.4 is 4.90 Å². The average Bonchev–Trinajstić information content (AvgIpc) is 3.56. The van der Waals surface area contributed by atoms with Crippen molar-refractivity contribution >= 4 is 33.6 Å². The lowest BCUT2D eigenvalue weighted by molar-refractivity contribution is -0.137. The number of anilines is 1. The van der Waals surface area contributed by atoms with Crippen LogP contribution in [-0.4, -0.2) is 48.7 Å². The van der Waals surface area contributed by atoms with E-state index in [-0.39, 0.29) is 18.2 Å². The number of hydrogen-bond donors (Lipinski definition) is 1. The van der Waals surface area contributed by atoms with Crippen molar-refractivity contribution in [2.75, 3.05) is 18.0 Å². The van der Waals surface area contributed by atoms with Gasteiger partial charge < -0.3 is 10.0 Å². The van der Waals surface area contributed by atoms with Gasteiger partial charge in [-0.25, -0.2) is 14.1 Å². The molecule has 182 valence electrons. The van der Waals surface area contributed by atoms with E-state index in [4.69, 9.17) is 10.2 Å². The predicted octanol–water partition coefficient (Wildman–Crippen LogP) is 4.72. The fourth-order valence-electron chi connectivity index (χ4n) is 5.28.